The summed E-state index contributed by atoms with van der Waals surface area (Å²) in [5, 5.41) is 15.2. The molecule has 5 aromatic rings. The van der Waals surface area contributed by atoms with Gasteiger partial charge in [-0.1, -0.05) is 55.5 Å². The minimum atomic E-state index is 0.270. The number of ether oxygens (including phenoxy) is 2. The lowest BCUT2D eigenvalue weighted by molar-refractivity contribution is 0.298. The van der Waals surface area contributed by atoms with Gasteiger partial charge in [0, 0.05) is 11.8 Å². The normalized spacial score (nSPS) is 11.9. The molecule has 1 N–H and O–H groups in total. The number of nitrogens with one attached hydrogen (secondary N) is 1. The molecular weight excluding hydrogens is 426 g/mol. The molecule has 2 aromatic heterocycles. The van der Waals surface area contributed by atoms with E-state index in [-0.39, 0.29) is 5.92 Å². The highest BCUT2D eigenvalue weighted by Gasteiger charge is 2.10. The van der Waals surface area contributed by atoms with Crippen LogP contribution in [0.1, 0.15) is 35.5 Å². The molecule has 0 aliphatic heterocycles. The Morgan fingerprint density at radius 1 is 0.824 bits per heavy atom. The molecule has 0 amide bonds. The predicted molar refractivity (Wildman–Crippen MR) is 130 cm³/mol. The second-order valence-corrected chi connectivity index (χ2v) is 8.24. The molecule has 0 aliphatic rings. The fourth-order valence-corrected chi connectivity index (χ4v) is 3.78. The number of nitrogens with zero attached hydrogens (tertiary/aromatic N) is 4. The zero-order valence-electron chi connectivity index (χ0n) is 18.9. The minimum absolute atomic E-state index is 0.270. The number of para-hydroxylation sites is 1. The molecule has 0 saturated carbocycles. The molecule has 0 saturated heterocycles. The van der Waals surface area contributed by atoms with Crippen LogP contribution >= 0.6 is 0 Å². The molecule has 1 unspecified atom stereocenters. The van der Waals surface area contributed by atoms with Crippen molar-refractivity contribution < 1.29 is 9.47 Å². The van der Waals surface area contributed by atoms with Gasteiger partial charge in [-0.2, -0.15) is 0 Å². The lowest BCUT2D eigenvalue weighted by Gasteiger charge is -2.13. The second kappa shape index (κ2) is 10.1. The molecule has 0 fully saturated rings. The van der Waals surface area contributed by atoms with Crippen molar-refractivity contribution in [3.05, 3.63) is 108 Å². The minimum Gasteiger partial charge on any atom is -0.489 e. The van der Waals surface area contributed by atoms with Gasteiger partial charge in [-0.25, -0.2) is 10.1 Å². The maximum Gasteiger partial charge on any atom is 0.149 e. The number of aromatic nitrogens is 5. The number of H-pyrrole nitrogens is 1. The Labute approximate surface area is 197 Å². The maximum absolute atomic E-state index is 6.03. The van der Waals surface area contributed by atoms with Crippen LogP contribution in [0.2, 0.25) is 0 Å². The molecule has 0 radical (unpaired) electrons. The van der Waals surface area contributed by atoms with E-state index in [1.165, 1.54) is 5.56 Å². The van der Waals surface area contributed by atoms with Gasteiger partial charge in [0.2, 0.25) is 0 Å². The Kier molecular flexibility index (Phi) is 6.42. The van der Waals surface area contributed by atoms with Crippen LogP contribution < -0.4 is 9.47 Å². The molecule has 5 rings (SSSR count). The van der Waals surface area contributed by atoms with Crippen molar-refractivity contribution in [3.63, 3.8) is 0 Å². The molecule has 34 heavy (non-hydrogen) atoms. The number of fused-ring (bicyclic) bond motifs is 1. The summed E-state index contributed by atoms with van der Waals surface area (Å²) >= 11 is 0. The fraction of sp³-hybridized carbons (Fsp3) is 0.185. The van der Waals surface area contributed by atoms with Gasteiger partial charge in [0.15, 0.2) is 0 Å². The van der Waals surface area contributed by atoms with E-state index in [2.05, 4.69) is 56.8 Å². The Morgan fingerprint density at radius 3 is 2.53 bits per heavy atom. The van der Waals surface area contributed by atoms with Crippen LogP contribution in [-0.2, 0) is 19.6 Å². The third-order valence-corrected chi connectivity index (χ3v) is 5.69. The standard InChI is InChI=1S/C27H25N5O2/c1-19(15-27-29-31-32-30-27)22-6-4-7-25(16-22)33-17-20-9-13-24(14-10-20)34-18-23-12-11-21-5-2-3-8-26(21)28-23/h2-14,16,19H,15,17-18H2,1H3,(H,29,30,31,32). The van der Waals surface area contributed by atoms with Crippen LogP contribution in [0.4, 0.5) is 0 Å². The molecule has 7 nitrogen and oxygen atoms in total. The molecule has 1 atom stereocenters. The highest BCUT2D eigenvalue weighted by atomic mass is 16.5. The first kappa shape index (κ1) is 21.6. The van der Waals surface area contributed by atoms with Crippen LogP contribution in [0.3, 0.4) is 0 Å². The third-order valence-electron chi connectivity index (χ3n) is 5.69. The molecule has 0 spiro atoms. The Balaban J connectivity index is 1.14. The van der Waals surface area contributed by atoms with E-state index in [9.17, 15) is 0 Å². The van der Waals surface area contributed by atoms with Gasteiger partial charge in [0.1, 0.15) is 30.5 Å². The lowest BCUT2D eigenvalue weighted by Crippen LogP contribution is -2.02. The van der Waals surface area contributed by atoms with Crippen molar-refractivity contribution in [3.8, 4) is 11.5 Å². The van der Waals surface area contributed by atoms with E-state index in [0.717, 1.165) is 45.9 Å². The van der Waals surface area contributed by atoms with Gasteiger partial charge < -0.3 is 9.47 Å². The zero-order chi connectivity index (χ0) is 23.2. The van der Waals surface area contributed by atoms with Crippen molar-refractivity contribution in [2.75, 3.05) is 0 Å². The van der Waals surface area contributed by atoms with Crippen LogP contribution in [0.25, 0.3) is 10.9 Å². The largest absolute Gasteiger partial charge is 0.489 e. The van der Waals surface area contributed by atoms with E-state index in [1.807, 2.05) is 60.7 Å². The number of hydrogen-bond acceptors (Lipinski definition) is 6. The van der Waals surface area contributed by atoms with Crippen molar-refractivity contribution in [1.29, 1.82) is 0 Å². The van der Waals surface area contributed by atoms with Gasteiger partial charge in [-0.15, -0.1) is 5.10 Å². The molecule has 170 valence electrons. The number of pyridine rings is 1. The fourth-order valence-electron chi connectivity index (χ4n) is 3.78. The first-order valence-corrected chi connectivity index (χ1v) is 11.2. The van der Waals surface area contributed by atoms with Crippen LogP contribution in [0.15, 0.2) is 84.9 Å². The number of hydrogen-bond donors (Lipinski definition) is 1. The monoisotopic (exact) mass is 451 g/mol. The lowest BCUT2D eigenvalue weighted by atomic mass is 9.97. The summed E-state index contributed by atoms with van der Waals surface area (Å²) in [7, 11) is 0. The van der Waals surface area contributed by atoms with E-state index in [0.29, 0.717) is 13.2 Å². The van der Waals surface area contributed by atoms with E-state index in [1.54, 1.807) is 0 Å². The van der Waals surface area contributed by atoms with Crippen molar-refractivity contribution in [1.82, 2.24) is 25.6 Å². The number of aromatic amines is 1. The Bertz CT molecular complexity index is 1350. The van der Waals surface area contributed by atoms with Crippen molar-refractivity contribution in [2.24, 2.45) is 0 Å². The van der Waals surface area contributed by atoms with E-state index in [4.69, 9.17) is 9.47 Å². The average Bonchev–Trinajstić information content (AvgIpc) is 3.40. The topological polar surface area (TPSA) is 85.8 Å². The number of tetrazole rings is 1. The molecule has 0 bridgehead atoms. The van der Waals surface area contributed by atoms with Crippen LogP contribution in [-0.4, -0.2) is 25.6 Å². The maximum atomic E-state index is 6.03. The van der Waals surface area contributed by atoms with E-state index >= 15 is 0 Å². The molecular formula is C27H25N5O2. The summed E-state index contributed by atoms with van der Waals surface area (Å²) in [6.45, 7) is 3.06. The van der Waals surface area contributed by atoms with Gasteiger partial charge in [-0.05, 0) is 63.9 Å². The smallest absolute Gasteiger partial charge is 0.149 e. The summed E-state index contributed by atoms with van der Waals surface area (Å²) < 4.78 is 12.0. The summed E-state index contributed by atoms with van der Waals surface area (Å²) in [5.74, 6) is 2.68. The van der Waals surface area contributed by atoms with Gasteiger partial charge in [-0.3, -0.25) is 0 Å². The van der Waals surface area contributed by atoms with Crippen molar-refractivity contribution in [2.45, 2.75) is 32.5 Å². The summed E-state index contributed by atoms with van der Waals surface area (Å²) in [5.41, 5.74) is 4.13. The van der Waals surface area contributed by atoms with Gasteiger partial charge in [0.25, 0.3) is 0 Å². The average molecular weight is 452 g/mol. The highest BCUT2D eigenvalue weighted by molar-refractivity contribution is 5.78. The van der Waals surface area contributed by atoms with Crippen LogP contribution in [0.5, 0.6) is 11.5 Å². The Morgan fingerprint density at radius 2 is 1.68 bits per heavy atom. The zero-order valence-corrected chi connectivity index (χ0v) is 18.9. The molecule has 3 aromatic carbocycles. The van der Waals surface area contributed by atoms with Crippen molar-refractivity contribution >= 4 is 10.9 Å². The predicted octanol–water partition coefficient (Wildman–Crippen LogP) is 5.25. The summed E-state index contributed by atoms with van der Waals surface area (Å²) in [6, 6.07) is 28.3. The molecule has 2 heterocycles. The molecule has 0 aliphatic carbocycles. The SMILES string of the molecule is CC(Cc1nnn[nH]1)c1cccc(OCc2ccc(OCc3ccc4ccccc4n3)cc2)c1. The van der Waals surface area contributed by atoms with Gasteiger partial charge >= 0.3 is 0 Å². The summed E-state index contributed by atoms with van der Waals surface area (Å²) in [4.78, 5) is 4.65. The first-order chi connectivity index (χ1) is 16.7. The van der Waals surface area contributed by atoms with Crippen LogP contribution in [0, 0.1) is 0 Å². The number of benzene rings is 3. The second-order valence-electron chi connectivity index (χ2n) is 8.24. The van der Waals surface area contributed by atoms with Gasteiger partial charge in [0.05, 0.1) is 11.2 Å². The third kappa shape index (κ3) is 5.38. The summed E-state index contributed by atoms with van der Waals surface area (Å²) in [6.07, 6.45) is 0.743. The molecule has 7 heteroatoms. The Hall–Kier alpha value is -4.26. The first-order valence-electron chi connectivity index (χ1n) is 11.2. The quantitative estimate of drug-likeness (QED) is 0.329. The highest BCUT2D eigenvalue weighted by Crippen LogP contribution is 2.24. The number of rotatable bonds is 9. The van der Waals surface area contributed by atoms with E-state index < -0.39 is 0 Å².